The first-order chi connectivity index (χ1) is 12.8. The van der Waals surface area contributed by atoms with E-state index in [-0.39, 0.29) is 5.91 Å². The Labute approximate surface area is 152 Å². The van der Waals surface area contributed by atoms with Crippen LogP contribution in [0, 0.1) is 0 Å². The third kappa shape index (κ3) is 3.35. The Kier molecular flexibility index (Phi) is 4.48. The number of carbonyl (C=O) groups excluding carboxylic acids is 1. The maximum absolute atomic E-state index is 12.4. The second-order valence-corrected chi connectivity index (χ2v) is 6.16. The molecular formula is C22H19N3O. The molecule has 1 aromatic heterocycles. The Balaban J connectivity index is 1.39. The van der Waals surface area contributed by atoms with Crippen molar-refractivity contribution in [1.29, 1.82) is 0 Å². The van der Waals surface area contributed by atoms with E-state index >= 15 is 0 Å². The Hall–Kier alpha value is -3.40. The summed E-state index contributed by atoms with van der Waals surface area (Å²) in [6, 6.07) is 22.1. The molecule has 1 heterocycles. The van der Waals surface area contributed by atoms with Crippen LogP contribution in [0.2, 0.25) is 0 Å². The van der Waals surface area contributed by atoms with Gasteiger partial charge in [0.25, 0.3) is 5.91 Å². The van der Waals surface area contributed by atoms with Crippen LogP contribution in [0.25, 0.3) is 16.5 Å². The fourth-order valence-electron chi connectivity index (χ4n) is 3.12. The van der Waals surface area contributed by atoms with E-state index in [1.807, 2.05) is 47.2 Å². The van der Waals surface area contributed by atoms with E-state index in [0.29, 0.717) is 12.1 Å². The zero-order chi connectivity index (χ0) is 17.8. The molecule has 4 heteroatoms. The molecular weight excluding hydrogens is 322 g/mol. The molecule has 3 aromatic carbocycles. The zero-order valence-corrected chi connectivity index (χ0v) is 14.3. The van der Waals surface area contributed by atoms with E-state index in [1.54, 1.807) is 12.5 Å². The van der Waals surface area contributed by atoms with E-state index in [2.05, 4.69) is 40.6 Å². The average molecular weight is 341 g/mol. The van der Waals surface area contributed by atoms with Gasteiger partial charge in [0, 0.05) is 30.2 Å². The standard InChI is InChI=1S/C22H19N3O/c26-22(19-8-10-20(11-9-19)25-15-14-23-16-25)24-13-12-18-6-3-5-17-4-1-2-7-21(17)18/h1-11,14-16H,12-13H2,(H,24,26). The fourth-order valence-corrected chi connectivity index (χ4v) is 3.12. The molecule has 1 N–H and O–H groups in total. The summed E-state index contributed by atoms with van der Waals surface area (Å²) in [5, 5.41) is 5.48. The first-order valence-electron chi connectivity index (χ1n) is 8.64. The maximum Gasteiger partial charge on any atom is 0.251 e. The van der Waals surface area contributed by atoms with Crippen molar-refractivity contribution in [3.05, 3.63) is 96.6 Å². The molecule has 0 bridgehead atoms. The summed E-state index contributed by atoms with van der Waals surface area (Å²) in [4.78, 5) is 16.4. The van der Waals surface area contributed by atoms with Crippen LogP contribution in [-0.4, -0.2) is 22.0 Å². The van der Waals surface area contributed by atoms with Gasteiger partial charge in [0.1, 0.15) is 0 Å². The highest BCUT2D eigenvalue weighted by atomic mass is 16.1. The van der Waals surface area contributed by atoms with Crippen LogP contribution in [0.4, 0.5) is 0 Å². The average Bonchev–Trinajstić information content (AvgIpc) is 3.23. The van der Waals surface area contributed by atoms with Crippen molar-refractivity contribution in [3.8, 4) is 5.69 Å². The highest BCUT2D eigenvalue weighted by Crippen LogP contribution is 2.18. The monoisotopic (exact) mass is 341 g/mol. The van der Waals surface area contributed by atoms with Gasteiger partial charge in [-0.15, -0.1) is 0 Å². The van der Waals surface area contributed by atoms with E-state index < -0.39 is 0 Å². The Morgan fingerprint density at radius 1 is 0.962 bits per heavy atom. The summed E-state index contributed by atoms with van der Waals surface area (Å²) in [5.74, 6) is -0.0533. The smallest absolute Gasteiger partial charge is 0.251 e. The number of carbonyl (C=O) groups is 1. The topological polar surface area (TPSA) is 46.9 Å². The number of nitrogens with one attached hydrogen (secondary N) is 1. The summed E-state index contributed by atoms with van der Waals surface area (Å²) in [6.45, 7) is 0.607. The van der Waals surface area contributed by atoms with Crippen LogP contribution in [-0.2, 0) is 6.42 Å². The second kappa shape index (κ2) is 7.23. The number of benzene rings is 3. The predicted octanol–water partition coefficient (Wildman–Crippen LogP) is 4.00. The van der Waals surface area contributed by atoms with Gasteiger partial charge in [-0.2, -0.15) is 0 Å². The number of fused-ring (bicyclic) bond motifs is 1. The molecule has 128 valence electrons. The molecule has 26 heavy (non-hydrogen) atoms. The minimum absolute atomic E-state index is 0.0533. The summed E-state index contributed by atoms with van der Waals surface area (Å²) in [7, 11) is 0. The largest absolute Gasteiger partial charge is 0.352 e. The van der Waals surface area contributed by atoms with Crippen LogP contribution in [0.15, 0.2) is 85.5 Å². The first kappa shape index (κ1) is 16.1. The predicted molar refractivity (Wildman–Crippen MR) is 104 cm³/mol. The van der Waals surface area contributed by atoms with Gasteiger partial charge in [-0.3, -0.25) is 4.79 Å². The van der Waals surface area contributed by atoms with Crippen molar-refractivity contribution in [2.45, 2.75) is 6.42 Å². The fraction of sp³-hybridized carbons (Fsp3) is 0.0909. The Bertz CT molecular complexity index is 1020. The summed E-state index contributed by atoms with van der Waals surface area (Å²) >= 11 is 0. The number of aromatic nitrogens is 2. The highest BCUT2D eigenvalue weighted by Gasteiger charge is 2.06. The van der Waals surface area contributed by atoms with Crippen LogP contribution >= 0.6 is 0 Å². The molecule has 0 atom stereocenters. The van der Waals surface area contributed by atoms with Crippen LogP contribution in [0.3, 0.4) is 0 Å². The van der Waals surface area contributed by atoms with Crippen molar-refractivity contribution < 1.29 is 4.79 Å². The molecule has 0 saturated carbocycles. The van der Waals surface area contributed by atoms with E-state index in [4.69, 9.17) is 0 Å². The zero-order valence-electron chi connectivity index (χ0n) is 14.3. The van der Waals surface area contributed by atoms with Gasteiger partial charge in [0.2, 0.25) is 0 Å². The summed E-state index contributed by atoms with van der Waals surface area (Å²) < 4.78 is 1.90. The van der Waals surface area contributed by atoms with Crippen molar-refractivity contribution in [2.24, 2.45) is 0 Å². The lowest BCUT2D eigenvalue weighted by Gasteiger charge is -2.09. The molecule has 0 radical (unpaired) electrons. The Morgan fingerprint density at radius 2 is 1.77 bits per heavy atom. The third-order valence-electron chi connectivity index (χ3n) is 4.49. The molecule has 0 unspecified atom stereocenters. The summed E-state index contributed by atoms with van der Waals surface area (Å²) in [6.07, 6.45) is 6.15. The van der Waals surface area contributed by atoms with Gasteiger partial charge < -0.3 is 9.88 Å². The minimum Gasteiger partial charge on any atom is -0.352 e. The van der Waals surface area contributed by atoms with Gasteiger partial charge in [0.05, 0.1) is 6.33 Å². The van der Waals surface area contributed by atoms with Crippen molar-refractivity contribution in [3.63, 3.8) is 0 Å². The van der Waals surface area contributed by atoms with E-state index in [9.17, 15) is 4.79 Å². The number of hydrogen-bond donors (Lipinski definition) is 1. The van der Waals surface area contributed by atoms with E-state index in [0.717, 1.165) is 12.1 Å². The van der Waals surface area contributed by atoms with Crippen molar-refractivity contribution in [2.75, 3.05) is 6.54 Å². The SMILES string of the molecule is O=C(NCCc1cccc2ccccc12)c1ccc(-n2ccnc2)cc1. The number of amides is 1. The molecule has 0 saturated heterocycles. The third-order valence-corrected chi connectivity index (χ3v) is 4.49. The lowest BCUT2D eigenvalue weighted by Crippen LogP contribution is -2.25. The van der Waals surface area contributed by atoms with Crippen molar-refractivity contribution >= 4 is 16.7 Å². The summed E-state index contributed by atoms with van der Waals surface area (Å²) in [5.41, 5.74) is 2.89. The molecule has 0 aliphatic heterocycles. The molecule has 4 rings (SSSR count). The Morgan fingerprint density at radius 3 is 2.58 bits per heavy atom. The van der Waals surface area contributed by atoms with Gasteiger partial charge in [0.15, 0.2) is 0 Å². The normalized spacial score (nSPS) is 10.8. The molecule has 0 aliphatic rings. The lowest BCUT2D eigenvalue weighted by molar-refractivity contribution is 0.0954. The minimum atomic E-state index is -0.0533. The van der Waals surface area contributed by atoms with Crippen LogP contribution < -0.4 is 5.32 Å². The van der Waals surface area contributed by atoms with Crippen LogP contribution in [0.1, 0.15) is 15.9 Å². The molecule has 1 amide bonds. The number of hydrogen-bond acceptors (Lipinski definition) is 2. The van der Waals surface area contributed by atoms with E-state index in [1.165, 1.54) is 16.3 Å². The number of imidazole rings is 1. The molecule has 0 fully saturated rings. The number of rotatable bonds is 5. The van der Waals surface area contributed by atoms with Gasteiger partial charge in [-0.05, 0) is 47.0 Å². The lowest BCUT2D eigenvalue weighted by atomic mass is 10.0. The molecule has 0 spiro atoms. The molecule has 0 aliphatic carbocycles. The van der Waals surface area contributed by atoms with Gasteiger partial charge >= 0.3 is 0 Å². The van der Waals surface area contributed by atoms with Crippen LogP contribution in [0.5, 0.6) is 0 Å². The molecule has 4 aromatic rings. The second-order valence-electron chi connectivity index (χ2n) is 6.16. The van der Waals surface area contributed by atoms with Gasteiger partial charge in [-0.1, -0.05) is 42.5 Å². The highest BCUT2D eigenvalue weighted by molar-refractivity contribution is 5.94. The van der Waals surface area contributed by atoms with Gasteiger partial charge in [-0.25, -0.2) is 4.98 Å². The van der Waals surface area contributed by atoms with Crippen molar-refractivity contribution in [1.82, 2.24) is 14.9 Å². The quantitative estimate of drug-likeness (QED) is 0.596. The molecule has 4 nitrogen and oxygen atoms in total. The number of nitrogens with zero attached hydrogens (tertiary/aromatic N) is 2. The first-order valence-corrected chi connectivity index (χ1v) is 8.64. The maximum atomic E-state index is 12.4.